The zero-order valence-corrected chi connectivity index (χ0v) is 18.4. The van der Waals surface area contributed by atoms with Crippen LogP contribution in [0.25, 0.3) is 10.9 Å². The minimum Gasteiger partial charge on any atom is -0.461 e. The van der Waals surface area contributed by atoms with Crippen LogP contribution in [-0.4, -0.2) is 46.6 Å². The summed E-state index contributed by atoms with van der Waals surface area (Å²) >= 11 is 5.82. The van der Waals surface area contributed by atoms with Gasteiger partial charge in [-0.3, -0.25) is 9.59 Å². The third-order valence-electron chi connectivity index (χ3n) is 5.46. The molecule has 2 amide bonds. The molecule has 3 N–H and O–H groups in total. The van der Waals surface area contributed by atoms with E-state index in [4.69, 9.17) is 16.3 Å². The second kappa shape index (κ2) is 8.84. The van der Waals surface area contributed by atoms with Crippen LogP contribution in [0.3, 0.4) is 0 Å². The molecule has 1 aromatic heterocycles. The van der Waals surface area contributed by atoms with Crippen LogP contribution in [0.2, 0.25) is 5.02 Å². The third-order valence-corrected chi connectivity index (χ3v) is 5.68. The number of ether oxygens (including phenoxy) is 1. The van der Waals surface area contributed by atoms with Crippen molar-refractivity contribution in [2.24, 2.45) is 0 Å². The van der Waals surface area contributed by atoms with Gasteiger partial charge in [0.05, 0.1) is 6.61 Å². The molecule has 0 saturated carbocycles. The molecule has 2 aromatic carbocycles. The number of rotatable bonds is 6. The number of aromatic nitrogens is 1. The van der Waals surface area contributed by atoms with Crippen LogP contribution in [0.15, 0.2) is 42.5 Å². The fourth-order valence-corrected chi connectivity index (χ4v) is 4.06. The Labute approximate surface area is 193 Å². The molecule has 1 saturated heterocycles. The quantitative estimate of drug-likeness (QED) is 0.376. The summed E-state index contributed by atoms with van der Waals surface area (Å²) in [5.74, 6) is -2.68. The van der Waals surface area contributed by atoms with Gasteiger partial charge < -0.3 is 25.0 Å². The van der Waals surface area contributed by atoms with Crippen molar-refractivity contribution in [1.82, 2.24) is 10.3 Å². The first kappa shape index (κ1) is 22.8. The summed E-state index contributed by atoms with van der Waals surface area (Å²) in [4.78, 5) is 41.8. The molecular formula is C23H21ClFN3O5. The SMILES string of the molecule is CCOC(=O)c1cc2cc(N3CC[C@](O)(C(=O)NCc4cc(F)cc(Cl)c4)C3=O)ccc2[nH]1. The molecule has 1 fully saturated rings. The molecule has 2 heterocycles. The highest BCUT2D eigenvalue weighted by molar-refractivity contribution is 6.30. The lowest BCUT2D eigenvalue weighted by Gasteiger charge is -2.22. The molecule has 172 valence electrons. The van der Waals surface area contributed by atoms with Gasteiger partial charge in [0.1, 0.15) is 11.5 Å². The average molecular weight is 474 g/mol. The monoisotopic (exact) mass is 473 g/mol. The van der Waals surface area contributed by atoms with Gasteiger partial charge in [0.15, 0.2) is 0 Å². The Morgan fingerprint density at radius 3 is 2.79 bits per heavy atom. The van der Waals surface area contributed by atoms with E-state index in [1.807, 2.05) is 0 Å². The highest BCUT2D eigenvalue weighted by Crippen LogP contribution is 2.31. The first-order chi connectivity index (χ1) is 15.7. The van der Waals surface area contributed by atoms with Crippen LogP contribution in [-0.2, 0) is 20.9 Å². The van der Waals surface area contributed by atoms with Crippen molar-refractivity contribution in [3.8, 4) is 0 Å². The van der Waals surface area contributed by atoms with Gasteiger partial charge in [0.2, 0.25) is 5.60 Å². The molecule has 4 rings (SSSR count). The number of H-pyrrole nitrogens is 1. The number of halogens is 2. The Balaban J connectivity index is 1.49. The number of benzene rings is 2. The second-order valence-corrected chi connectivity index (χ2v) is 8.14. The highest BCUT2D eigenvalue weighted by atomic mass is 35.5. The van der Waals surface area contributed by atoms with Crippen LogP contribution < -0.4 is 10.2 Å². The predicted molar refractivity (Wildman–Crippen MR) is 119 cm³/mol. The molecule has 10 heteroatoms. The van der Waals surface area contributed by atoms with Crippen LogP contribution in [0.1, 0.15) is 29.4 Å². The van der Waals surface area contributed by atoms with Crippen molar-refractivity contribution in [1.29, 1.82) is 0 Å². The summed E-state index contributed by atoms with van der Waals surface area (Å²) < 4.78 is 18.5. The first-order valence-corrected chi connectivity index (χ1v) is 10.7. The Hall–Kier alpha value is -3.43. The maximum atomic E-state index is 13.5. The molecule has 0 spiro atoms. The van der Waals surface area contributed by atoms with E-state index in [1.165, 1.54) is 17.0 Å². The maximum absolute atomic E-state index is 13.5. The van der Waals surface area contributed by atoms with Gasteiger partial charge in [-0.05, 0) is 55.0 Å². The average Bonchev–Trinajstić information content (AvgIpc) is 3.33. The van der Waals surface area contributed by atoms with Gasteiger partial charge in [0, 0.05) is 41.1 Å². The fourth-order valence-electron chi connectivity index (χ4n) is 3.81. The number of carbonyl (C=O) groups is 3. The predicted octanol–water partition coefficient (Wildman–Crippen LogP) is 2.92. The number of amides is 2. The number of hydrogen-bond donors (Lipinski definition) is 3. The first-order valence-electron chi connectivity index (χ1n) is 10.3. The van der Waals surface area contributed by atoms with Gasteiger partial charge in [-0.2, -0.15) is 0 Å². The smallest absolute Gasteiger partial charge is 0.354 e. The second-order valence-electron chi connectivity index (χ2n) is 7.70. The minimum absolute atomic E-state index is 0.0994. The van der Waals surface area contributed by atoms with Gasteiger partial charge in [-0.15, -0.1) is 0 Å². The topological polar surface area (TPSA) is 112 Å². The molecule has 0 bridgehead atoms. The minimum atomic E-state index is -2.25. The van der Waals surface area contributed by atoms with E-state index in [9.17, 15) is 23.9 Å². The van der Waals surface area contributed by atoms with E-state index in [0.29, 0.717) is 22.2 Å². The maximum Gasteiger partial charge on any atom is 0.354 e. The number of aromatic amines is 1. The Morgan fingerprint density at radius 2 is 2.06 bits per heavy atom. The molecular weight excluding hydrogens is 453 g/mol. The molecule has 1 atom stereocenters. The van der Waals surface area contributed by atoms with Crippen LogP contribution in [0.4, 0.5) is 10.1 Å². The molecule has 1 aliphatic heterocycles. The van der Waals surface area contributed by atoms with Crippen molar-refractivity contribution in [3.05, 3.63) is 64.6 Å². The van der Waals surface area contributed by atoms with Gasteiger partial charge in [-0.25, -0.2) is 9.18 Å². The summed E-state index contributed by atoms with van der Waals surface area (Å²) in [7, 11) is 0. The molecule has 8 nitrogen and oxygen atoms in total. The number of carbonyl (C=O) groups excluding carboxylic acids is 3. The molecule has 0 unspecified atom stereocenters. The largest absolute Gasteiger partial charge is 0.461 e. The number of esters is 1. The zero-order chi connectivity index (χ0) is 23.8. The van der Waals surface area contributed by atoms with E-state index in [1.54, 1.807) is 31.2 Å². The number of aliphatic hydroxyl groups is 1. The van der Waals surface area contributed by atoms with Crippen molar-refractivity contribution in [2.45, 2.75) is 25.5 Å². The van der Waals surface area contributed by atoms with Crippen molar-refractivity contribution >= 4 is 46.0 Å². The number of anilines is 1. The highest BCUT2D eigenvalue weighted by Gasteiger charge is 2.51. The number of nitrogens with zero attached hydrogens (tertiary/aromatic N) is 1. The van der Waals surface area contributed by atoms with Crippen LogP contribution >= 0.6 is 11.6 Å². The lowest BCUT2D eigenvalue weighted by atomic mass is 10.0. The summed E-state index contributed by atoms with van der Waals surface area (Å²) in [5, 5.41) is 14.1. The van der Waals surface area contributed by atoms with Crippen molar-refractivity contribution < 1.29 is 28.6 Å². The summed E-state index contributed by atoms with van der Waals surface area (Å²) in [6, 6.07) is 10.5. The van der Waals surface area contributed by atoms with Crippen molar-refractivity contribution in [3.63, 3.8) is 0 Å². The molecule has 1 aliphatic rings. The normalized spacial score (nSPS) is 18.1. The van der Waals surface area contributed by atoms with Crippen LogP contribution in [0.5, 0.6) is 0 Å². The van der Waals surface area contributed by atoms with Gasteiger partial charge in [0.25, 0.3) is 11.8 Å². The summed E-state index contributed by atoms with van der Waals surface area (Å²) in [6.07, 6.45) is -0.110. The standard InChI is InChI=1S/C23H21ClFN3O5/c1-2-33-20(29)19-10-14-9-17(3-4-18(14)27-19)28-6-5-23(32,22(28)31)21(30)26-12-13-7-15(24)11-16(25)8-13/h3-4,7-11,27,32H,2,5-6,12H2,1H3,(H,26,30)/t23-/m0/s1. The molecule has 33 heavy (non-hydrogen) atoms. The zero-order valence-electron chi connectivity index (χ0n) is 17.7. The number of hydrogen-bond acceptors (Lipinski definition) is 5. The van der Waals surface area contributed by atoms with Gasteiger partial charge in [-0.1, -0.05) is 11.6 Å². The fraction of sp³-hybridized carbons (Fsp3) is 0.261. The van der Waals surface area contributed by atoms with Crippen molar-refractivity contribution in [2.75, 3.05) is 18.1 Å². The van der Waals surface area contributed by atoms with E-state index >= 15 is 0 Å². The molecule has 3 aromatic rings. The lowest BCUT2D eigenvalue weighted by molar-refractivity contribution is -0.149. The van der Waals surface area contributed by atoms with E-state index in [-0.39, 0.29) is 36.8 Å². The summed E-state index contributed by atoms with van der Waals surface area (Å²) in [5.41, 5.74) is -0.419. The Kier molecular flexibility index (Phi) is 6.09. The Morgan fingerprint density at radius 1 is 1.27 bits per heavy atom. The van der Waals surface area contributed by atoms with Crippen LogP contribution in [0, 0.1) is 5.82 Å². The van der Waals surface area contributed by atoms with Gasteiger partial charge >= 0.3 is 5.97 Å². The lowest BCUT2D eigenvalue weighted by Crippen LogP contribution is -2.52. The van der Waals surface area contributed by atoms with E-state index in [0.717, 1.165) is 6.07 Å². The number of nitrogens with one attached hydrogen (secondary N) is 2. The Bertz CT molecular complexity index is 1240. The third kappa shape index (κ3) is 4.42. The molecule has 0 radical (unpaired) electrons. The van der Waals surface area contributed by atoms with E-state index in [2.05, 4.69) is 10.3 Å². The van der Waals surface area contributed by atoms with E-state index < -0.39 is 29.2 Å². The molecule has 0 aliphatic carbocycles. The summed E-state index contributed by atoms with van der Waals surface area (Å²) in [6.45, 7) is 1.98. The number of fused-ring (bicyclic) bond motifs is 1.